The van der Waals surface area contributed by atoms with Crippen LogP contribution in [0.4, 0.5) is 0 Å². The number of fused-ring (bicyclic) bond motifs is 7. The monoisotopic (exact) mass is 483 g/mol. The van der Waals surface area contributed by atoms with Gasteiger partial charge in [-0.15, -0.1) is 0 Å². The van der Waals surface area contributed by atoms with E-state index in [1.165, 1.54) is 65.9 Å². The highest BCUT2D eigenvalue weighted by Gasteiger charge is 2.47. The predicted octanol–water partition coefficient (Wildman–Crippen LogP) is 9.21. The molecule has 0 amide bonds. The Bertz CT molecular complexity index is 2050. The molecule has 1 aliphatic carbocycles. The van der Waals surface area contributed by atoms with Crippen LogP contribution in [0.15, 0.2) is 134 Å². The van der Waals surface area contributed by atoms with E-state index in [1.54, 1.807) is 0 Å². The second-order valence-corrected chi connectivity index (χ2v) is 10.5. The van der Waals surface area contributed by atoms with Crippen LogP contribution in [-0.2, 0) is 5.41 Å². The van der Waals surface area contributed by atoms with Crippen molar-refractivity contribution in [2.75, 3.05) is 0 Å². The molecule has 1 heteroatoms. The second kappa shape index (κ2) is 7.87. The summed E-state index contributed by atoms with van der Waals surface area (Å²) in [5, 5.41) is 7.48. The minimum Gasteiger partial charge on any atom is -0.264 e. The fourth-order valence-corrected chi connectivity index (χ4v) is 6.76. The quantitative estimate of drug-likeness (QED) is 0.239. The van der Waals surface area contributed by atoms with Crippen molar-refractivity contribution in [2.24, 2.45) is 0 Å². The molecule has 8 rings (SSSR count). The van der Waals surface area contributed by atoms with Crippen LogP contribution in [-0.4, -0.2) is 4.98 Å². The van der Waals surface area contributed by atoms with E-state index in [4.69, 9.17) is 0 Å². The molecule has 1 aliphatic rings. The Morgan fingerprint density at radius 2 is 1.21 bits per heavy atom. The van der Waals surface area contributed by atoms with E-state index in [2.05, 4.69) is 133 Å². The molecule has 6 aromatic carbocycles. The Morgan fingerprint density at radius 1 is 0.526 bits per heavy atom. The smallest absolute Gasteiger partial charge is 0.0720 e. The molecular formula is C37H25N. The van der Waals surface area contributed by atoms with Crippen molar-refractivity contribution in [1.82, 2.24) is 4.98 Å². The van der Waals surface area contributed by atoms with Gasteiger partial charge in [-0.05, 0) is 85.4 Å². The van der Waals surface area contributed by atoms with Gasteiger partial charge in [-0.1, -0.05) is 109 Å². The van der Waals surface area contributed by atoms with E-state index in [9.17, 15) is 0 Å². The zero-order valence-corrected chi connectivity index (χ0v) is 21.1. The summed E-state index contributed by atoms with van der Waals surface area (Å²) in [6.45, 7) is 2.16. The third kappa shape index (κ3) is 2.85. The molecule has 1 atom stereocenters. The lowest BCUT2D eigenvalue weighted by molar-refractivity contribution is 0.778. The van der Waals surface area contributed by atoms with Gasteiger partial charge in [0, 0.05) is 17.8 Å². The Labute approximate surface area is 222 Å². The van der Waals surface area contributed by atoms with E-state index in [0.29, 0.717) is 0 Å². The first kappa shape index (κ1) is 21.3. The minimum atomic E-state index is -0.455. The van der Waals surface area contributed by atoms with Crippen molar-refractivity contribution in [2.45, 2.75) is 12.3 Å². The largest absolute Gasteiger partial charge is 0.264 e. The van der Waals surface area contributed by atoms with E-state index in [-0.39, 0.29) is 0 Å². The Morgan fingerprint density at radius 3 is 2.11 bits per heavy atom. The number of nitrogens with zero attached hydrogens (tertiary/aromatic N) is 1. The van der Waals surface area contributed by atoms with E-state index >= 15 is 0 Å². The van der Waals surface area contributed by atoms with Gasteiger partial charge < -0.3 is 0 Å². The van der Waals surface area contributed by atoms with Crippen LogP contribution < -0.4 is 0 Å². The van der Waals surface area contributed by atoms with Crippen LogP contribution >= 0.6 is 0 Å². The highest BCUT2D eigenvalue weighted by molar-refractivity contribution is 6.01. The number of pyridine rings is 1. The molecule has 0 aliphatic heterocycles. The lowest BCUT2D eigenvalue weighted by Crippen LogP contribution is -2.29. The Kier molecular flexibility index (Phi) is 4.42. The number of benzene rings is 6. The summed E-state index contributed by atoms with van der Waals surface area (Å²) in [6, 6.07) is 45.3. The number of hydrogen-bond acceptors (Lipinski definition) is 1. The van der Waals surface area contributed by atoms with Crippen molar-refractivity contribution < 1.29 is 0 Å². The lowest BCUT2D eigenvalue weighted by Gasteiger charge is -2.35. The van der Waals surface area contributed by atoms with Gasteiger partial charge in [0.25, 0.3) is 0 Å². The maximum absolute atomic E-state index is 4.37. The first-order valence-electron chi connectivity index (χ1n) is 13.2. The van der Waals surface area contributed by atoms with Crippen molar-refractivity contribution in [3.8, 4) is 11.1 Å². The van der Waals surface area contributed by atoms with Gasteiger partial charge in [-0.2, -0.15) is 0 Å². The molecule has 178 valence electrons. The minimum absolute atomic E-state index is 0.455. The molecule has 0 radical (unpaired) electrons. The zero-order chi connectivity index (χ0) is 25.3. The topological polar surface area (TPSA) is 12.9 Å². The fourth-order valence-electron chi connectivity index (χ4n) is 6.76. The molecule has 0 fully saturated rings. The molecule has 0 spiro atoms. The molecule has 0 saturated carbocycles. The first-order chi connectivity index (χ1) is 18.7. The third-order valence-corrected chi connectivity index (χ3v) is 8.43. The summed E-state index contributed by atoms with van der Waals surface area (Å²) >= 11 is 0. The molecule has 1 nitrogen and oxygen atoms in total. The maximum atomic E-state index is 4.37. The van der Waals surface area contributed by atoms with Crippen LogP contribution in [0.1, 0.15) is 27.8 Å². The van der Waals surface area contributed by atoms with Gasteiger partial charge in [0.1, 0.15) is 0 Å². The van der Waals surface area contributed by atoms with E-state index in [1.807, 2.05) is 12.4 Å². The molecule has 0 bridgehead atoms. The molecule has 1 unspecified atom stereocenters. The van der Waals surface area contributed by atoms with Gasteiger partial charge in [0.2, 0.25) is 0 Å². The van der Waals surface area contributed by atoms with Crippen LogP contribution in [0.25, 0.3) is 43.4 Å². The van der Waals surface area contributed by atoms with Gasteiger partial charge in [0.05, 0.1) is 5.41 Å². The molecule has 0 saturated heterocycles. The molecular weight excluding hydrogens is 458 g/mol. The molecule has 1 heterocycles. The summed E-state index contributed by atoms with van der Waals surface area (Å²) in [5.41, 5.74) is 8.75. The average molecular weight is 484 g/mol. The number of aryl methyl sites for hydroxylation is 1. The van der Waals surface area contributed by atoms with Crippen molar-refractivity contribution >= 4 is 32.3 Å². The number of rotatable bonds is 2. The summed E-state index contributed by atoms with van der Waals surface area (Å²) in [6.07, 6.45) is 3.85. The highest BCUT2D eigenvalue weighted by atomic mass is 14.6. The summed E-state index contributed by atoms with van der Waals surface area (Å²) in [5.74, 6) is 0. The van der Waals surface area contributed by atoms with Crippen molar-refractivity contribution in [1.29, 1.82) is 0 Å². The van der Waals surface area contributed by atoms with E-state index in [0.717, 1.165) is 5.39 Å². The van der Waals surface area contributed by atoms with Crippen molar-refractivity contribution in [3.63, 3.8) is 0 Å². The molecule has 38 heavy (non-hydrogen) atoms. The normalized spacial score (nSPS) is 16.1. The Balaban J connectivity index is 1.58. The fraction of sp³-hybridized carbons (Fsp3) is 0.0541. The molecule has 1 aromatic heterocycles. The van der Waals surface area contributed by atoms with Crippen molar-refractivity contribution in [3.05, 3.63) is 162 Å². The van der Waals surface area contributed by atoms with Crippen LogP contribution in [0.5, 0.6) is 0 Å². The summed E-state index contributed by atoms with van der Waals surface area (Å²) < 4.78 is 0. The number of aromatic nitrogens is 1. The van der Waals surface area contributed by atoms with E-state index < -0.39 is 5.41 Å². The maximum Gasteiger partial charge on any atom is 0.0720 e. The predicted molar refractivity (Wildman–Crippen MR) is 159 cm³/mol. The SMILES string of the molecule is Cc1ccc2cc(C3(c4ccc5cnccc5c4)c4ccccc4-c4ccc5ccccc5c43)ccc2c1. The third-order valence-electron chi connectivity index (χ3n) is 8.43. The Hall–Kier alpha value is -4.75. The van der Waals surface area contributed by atoms with Crippen LogP contribution in [0.2, 0.25) is 0 Å². The molecule has 7 aromatic rings. The standard InChI is InChI=1S/C37H25N/c1-24-10-11-27-21-30(15-12-26(27)20-24)37(31-16-13-29-23-38-19-18-28(29)22-31)35-9-5-4-8-33(35)34-17-14-25-6-2-3-7-32(25)36(34)37/h2-23H,1H3. The summed E-state index contributed by atoms with van der Waals surface area (Å²) in [7, 11) is 0. The van der Waals surface area contributed by atoms with Gasteiger partial charge in [0.15, 0.2) is 0 Å². The van der Waals surface area contributed by atoms with Gasteiger partial charge in [-0.3, -0.25) is 4.98 Å². The first-order valence-corrected chi connectivity index (χ1v) is 13.2. The number of hydrogen-bond donors (Lipinski definition) is 0. The van der Waals surface area contributed by atoms with Gasteiger partial charge in [-0.25, -0.2) is 0 Å². The molecule has 0 N–H and O–H groups in total. The highest BCUT2D eigenvalue weighted by Crippen LogP contribution is 2.58. The summed E-state index contributed by atoms with van der Waals surface area (Å²) in [4.78, 5) is 4.37. The van der Waals surface area contributed by atoms with Crippen LogP contribution in [0, 0.1) is 6.92 Å². The second-order valence-electron chi connectivity index (χ2n) is 10.5. The average Bonchev–Trinajstić information content (AvgIpc) is 3.28. The lowest BCUT2D eigenvalue weighted by atomic mass is 9.66. The van der Waals surface area contributed by atoms with Crippen LogP contribution in [0.3, 0.4) is 0 Å². The zero-order valence-electron chi connectivity index (χ0n) is 21.1. The van der Waals surface area contributed by atoms with Gasteiger partial charge >= 0.3 is 0 Å².